The van der Waals surface area contributed by atoms with Gasteiger partial charge in [-0.25, -0.2) is 9.97 Å². The van der Waals surface area contributed by atoms with Crippen molar-refractivity contribution in [3.05, 3.63) is 11.9 Å². The van der Waals surface area contributed by atoms with E-state index in [1.807, 2.05) is 6.07 Å². The van der Waals surface area contributed by atoms with Crippen LogP contribution in [0.25, 0.3) is 0 Å². The van der Waals surface area contributed by atoms with Gasteiger partial charge in [0.2, 0.25) is 0 Å². The summed E-state index contributed by atoms with van der Waals surface area (Å²) in [5.41, 5.74) is 0.486. The zero-order valence-corrected chi connectivity index (χ0v) is 12.6. The van der Waals surface area contributed by atoms with Crippen LogP contribution in [0.3, 0.4) is 0 Å². The Hall–Kier alpha value is -1.32. The normalized spacial score (nSPS) is 16.5. The third-order valence-electron chi connectivity index (χ3n) is 3.62. The van der Waals surface area contributed by atoms with E-state index in [1.165, 1.54) is 12.8 Å². The van der Waals surface area contributed by atoms with E-state index in [4.69, 9.17) is 0 Å². The molecule has 1 saturated carbocycles. The van der Waals surface area contributed by atoms with Gasteiger partial charge in [0.25, 0.3) is 0 Å². The topological polar surface area (TPSA) is 49.8 Å². The maximum Gasteiger partial charge on any atom is 0.135 e. The maximum atomic E-state index is 4.61. The molecule has 0 atom stereocenters. The summed E-state index contributed by atoms with van der Waals surface area (Å²) in [6, 6.07) is 2.02. The SMILES string of the molecule is CCCNc1cc(NCC2(C)CC2)nc(C(C)C)n1. The summed E-state index contributed by atoms with van der Waals surface area (Å²) in [6.45, 7) is 10.7. The Bertz CT molecular complexity index is 424. The van der Waals surface area contributed by atoms with Crippen molar-refractivity contribution in [3.63, 3.8) is 0 Å². The van der Waals surface area contributed by atoms with E-state index in [2.05, 4.69) is 48.3 Å². The van der Waals surface area contributed by atoms with E-state index < -0.39 is 0 Å². The molecule has 4 heteroatoms. The van der Waals surface area contributed by atoms with Crippen LogP contribution in [-0.2, 0) is 0 Å². The van der Waals surface area contributed by atoms with Crippen molar-refractivity contribution in [3.8, 4) is 0 Å². The molecule has 0 radical (unpaired) electrons. The molecule has 1 fully saturated rings. The third kappa shape index (κ3) is 4.08. The minimum atomic E-state index is 0.348. The minimum absolute atomic E-state index is 0.348. The highest BCUT2D eigenvalue weighted by Gasteiger charge is 2.36. The second kappa shape index (κ2) is 5.76. The van der Waals surface area contributed by atoms with E-state index in [1.54, 1.807) is 0 Å². The Morgan fingerprint density at radius 3 is 2.37 bits per heavy atom. The summed E-state index contributed by atoms with van der Waals surface area (Å²) in [5, 5.41) is 6.82. The van der Waals surface area contributed by atoms with Gasteiger partial charge in [0.1, 0.15) is 17.5 Å². The first-order valence-corrected chi connectivity index (χ1v) is 7.39. The summed E-state index contributed by atoms with van der Waals surface area (Å²) in [7, 11) is 0. The van der Waals surface area contributed by atoms with Crippen LogP contribution in [0.15, 0.2) is 6.07 Å². The fourth-order valence-corrected chi connectivity index (χ4v) is 1.85. The molecule has 0 aliphatic heterocycles. The van der Waals surface area contributed by atoms with E-state index in [0.717, 1.165) is 37.0 Å². The number of nitrogens with zero attached hydrogens (tertiary/aromatic N) is 2. The van der Waals surface area contributed by atoms with Gasteiger partial charge < -0.3 is 10.6 Å². The second-order valence-corrected chi connectivity index (χ2v) is 6.24. The number of hydrogen-bond donors (Lipinski definition) is 2. The average Bonchev–Trinajstić information content (AvgIpc) is 3.12. The van der Waals surface area contributed by atoms with Crippen molar-refractivity contribution < 1.29 is 0 Å². The lowest BCUT2D eigenvalue weighted by molar-refractivity contribution is 0.608. The van der Waals surface area contributed by atoms with Crippen LogP contribution in [0.2, 0.25) is 0 Å². The summed E-state index contributed by atoms with van der Waals surface area (Å²) in [4.78, 5) is 9.18. The number of aromatic nitrogens is 2. The summed E-state index contributed by atoms with van der Waals surface area (Å²) in [6.07, 6.45) is 3.74. The van der Waals surface area contributed by atoms with E-state index in [0.29, 0.717) is 11.3 Å². The number of rotatable bonds is 7. The zero-order chi connectivity index (χ0) is 13.9. The number of hydrogen-bond acceptors (Lipinski definition) is 4. The molecule has 0 aromatic carbocycles. The van der Waals surface area contributed by atoms with Gasteiger partial charge in [0.05, 0.1) is 0 Å². The standard InChI is InChI=1S/C15H26N4/c1-5-8-16-12-9-13(17-10-15(4)6-7-15)19-14(18-12)11(2)3/h9,11H,5-8,10H2,1-4H3,(H2,16,17,18,19). The Kier molecular flexibility index (Phi) is 4.27. The first-order chi connectivity index (χ1) is 9.02. The summed E-state index contributed by atoms with van der Waals surface area (Å²) in [5.74, 6) is 3.14. The molecule has 2 N–H and O–H groups in total. The van der Waals surface area contributed by atoms with Crippen LogP contribution in [0, 0.1) is 5.41 Å². The van der Waals surface area contributed by atoms with E-state index in [-0.39, 0.29) is 0 Å². The Morgan fingerprint density at radius 1 is 1.21 bits per heavy atom. The van der Waals surface area contributed by atoms with Gasteiger partial charge in [-0.05, 0) is 24.7 Å². The minimum Gasteiger partial charge on any atom is -0.370 e. The van der Waals surface area contributed by atoms with Crippen LogP contribution < -0.4 is 10.6 Å². The van der Waals surface area contributed by atoms with E-state index >= 15 is 0 Å². The Labute approximate surface area is 116 Å². The lowest BCUT2D eigenvalue weighted by atomic mass is 10.1. The lowest BCUT2D eigenvalue weighted by Gasteiger charge is -2.14. The lowest BCUT2D eigenvalue weighted by Crippen LogP contribution is -2.15. The molecule has 1 aromatic heterocycles. The molecule has 0 bridgehead atoms. The van der Waals surface area contributed by atoms with Gasteiger partial charge in [-0.2, -0.15) is 0 Å². The molecule has 19 heavy (non-hydrogen) atoms. The predicted molar refractivity (Wildman–Crippen MR) is 80.7 cm³/mol. The predicted octanol–water partition coefficient (Wildman–Crippen LogP) is 3.63. The molecule has 0 saturated heterocycles. The number of nitrogens with one attached hydrogen (secondary N) is 2. The molecule has 1 aromatic rings. The maximum absolute atomic E-state index is 4.61. The molecule has 0 spiro atoms. The largest absolute Gasteiger partial charge is 0.370 e. The van der Waals surface area contributed by atoms with Crippen LogP contribution in [0.5, 0.6) is 0 Å². The van der Waals surface area contributed by atoms with Gasteiger partial charge in [-0.15, -0.1) is 0 Å². The molecule has 1 aliphatic carbocycles. The van der Waals surface area contributed by atoms with Crippen molar-refractivity contribution in [2.45, 2.75) is 52.9 Å². The summed E-state index contributed by atoms with van der Waals surface area (Å²) >= 11 is 0. The van der Waals surface area contributed by atoms with Gasteiger partial charge >= 0.3 is 0 Å². The smallest absolute Gasteiger partial charge is 0.135 e. The van der Waals surface area contributed by atoms with Crippen LogP contribution in [0.1, 0.15) is 58.7 Å². The molecule has 106 valence electrons. The number of anilines is 2. The van der Waals surface area contributed by atoms with Crippen LogP contribution in [-0.4, -0.2) is 23.1 Å². The van der Waals surface area contributed by atoms with Gasteiger partial charge in [-0.1, -0.05) is 27.7 Å². The van der Waals surface area contributed by atoms with Crippen LogP contribution in [0.4, 0.5) is 11.6 Å². The second-order valence-electron chi connectivity index (χ2n) is 6.24. The fourth-order valence-electron chi connectivity index (χ4n) is 1.85. The molecule has 2 rings (SSSR count). The highest BCUT2D eigenvalue weighted by molar-refractivity contribution is 5.48. The van der Waals surface area contributed by atoms with Crippen molar-refractivity contribution in [1.29, 1.82) is 0 Å². The highest BCUT2D eigenvalue weighted by Crippen LogP contribution is 2.44. The van der Waals surface area contributed by atoms with Gasteiger partial charge in [0.15, 0.2) is 0 Å². The first-order valence-electron chi connectivity index (χ1n) is 7.39. The van der Waals surface area contributed by atoms with Gasteiger partial charge in [-0.3, -0.25) is 0 Å². The first kappa shape index (κ1) is 14.1. The van der Waals surface area contributed by atoms with Crippen molar-refractivity contribution in [2.75, 3.05) is 23.7 Å². The monoisotopic (exact) mass is 262 g/mol. The third-order valence-corrected chi connectivity index (χ3v) is 3.62. The van der Waals surface area contributed by atoms with Gasteiger partial charge in [0, 0.05) is 25.1 Å². The molecule has 4 nitrogen and oxygen atoms in total. The molecule has 1 heterocycles. The molecule has 0 amide bonds. The van der Waals surface area contributed by atoms with Crippen molar-refractivity contribution in [2.24, 2.45) is 5.41 Å². The Balaban J connectivity index is 2.08. The highest BCUT2D eigenvalue weighted by atomic mass is 15.1. The zero-order valence-electron chi connectivity index (χ0n) is 12.6. The van der Waals surface area contributed by atoms with Crippen molar-refractivity contribution >= 4 is 11.6 Å². The fraction of sp³-hybridized carbons (Fsp3) is 0.733. The van der Waals surface area contributed by atoms with E-state index in [9.17, 15) is 0 Å². The quantitative estimate of drug-likeness (QED) is 0.787. The summed E-state index contributed by atoms with van der Waals surface area (Å²) < 4.78 is 0. The molecule has 0 unspecified atom stereocenters. The molecular formula is C15H26N4. The molecular weight excluding hydrogens is 236 g/mol. The average molecular weight is 262 g/mol. The molecule has 1 aliphatic rings. The van der Waals surface area contributed by atoms with Crippen molar-refractivity contribution in [1.82, 2.24) is 9.97 Å². The van der Waals surface area contributed by atoms with Crippen LogP contribution >= 0.6 is 0 Å². The Morgan fingerprint density at radius 2 is 1.84 bits per heavy atom.